The second-order valence-electron chi connectivity index (χ2n) is 5.66. The molecule has 0 atom stereocenters. The summed E-state index contributed by atoms with van der Waals surface area (Å²) in [5.41, 5.74) is 4.57. The predicted octanol–water partition coefficient (Wildman–Crippen LogP) is 2.64. The molecule has 1 amide bonds. The summed E-state index contributed by atoms with van der Waals surface area (Å²) in [6, 6.07) is 9.98. The minimum Gasteiger partial charge on any atom is -0.348 e. The van der Waals surface area contributed by atoms with Crippen LogP contribution in [0.1, 0.15) is 34.2 Å². The average Bonchev–Trinajstić information content (AvgIpc) is 3.19. The molecule has 6 heteroatoms. The zero-order valence-corrected chi connectivity index (χ0v) is 14.2. The van der Waals surface area contributed by atoms with E-state index in [0.29, 0.717) is 12.1 Å². The smallest absolute Gasteiger partial charge is 0.254 e. The Balaban J connectivity index is 1.76. The van der Waals surface area contributed by atoms with Gasteiger partial charge in [0, 0.05) is 30.5 Å². The number of aromatic nitrogens is 4. The van der Waals surface area contributed by atoms with Crippen molar-refractivity contribution in [3.63, 3.8) is 0 Å². The molecule has 0 spiro atoms. The van der Waals surface area contributed by atoms with Crippen LogP contribution in [0.25, 0.3) is 5.69 Å². The fourth-order valence-corrected chi connectivity index (χ4v) is 2.68. The standard InChI is InChI=1S/C18H21N5O/c1-4-22-12-15(10-20-22)18(24)19-11-17-13(2)21-23(14(17)3)16-8-6-5-7-9-16/h5-10,12H,4,11H2,1-3H3,(H,19,24). The number of hydrogen-bond donors (Lipinski definition) is 1. The van der Waals surface area contributed by atoms with E-state index < -0.39 is 0 Å². The molecule has 2 aromatic heterocycles. The van der Waals surface area contributed by atoms with Crippen molar-refractivity contribution in [2.75, 3.05) is 0 Å². The number of nitrogens with one attached hydrogen (secondary N) is 1. The van der Waals surface area contributed by atoms with E-state index in [-0.39, 0.29) is 5.91 Å². The highest BCUT2D eigenvalue weighted by atomic mass is 16.1. The first-order chi connectivity index (χ1) is 11.6. The lowest BCUT2D eigenvalue weighted by Crippen LogP contribution is -2.23. The third-order valence-electron chi connectivity index (χ3n) is 4.09. The highest BCUT2D eigenvalue weighted by Gasteiger charge is 2.14. The molecular formula is C18H21N5O. The Bertz CT molecular complexity index is 848. The van der Waals surface area contributed by atoms with E-state index in [4.69, 9.17) is 0 Å². The Morgan fingerprint density at radius 2 is 1.96 bits per heavy atom. The van der Waals surface area contributed by atoms with E-state index in [1.807, 2.05) is 55.8 Å². The molecule has 0 bridgehead atoms. The van der Waals surface area contributed by atoms with E-state index in [0.717, 1.165) is 29.2 Å². The monoisotopic (exact) mass is 323 g/mol. The first-order valence-electron chi connectivity index (χ1n) is 8.01. The van der Waals surface area contributed by atoms with Crippen LogP contribution in [0.3, 0.4) is 0 Å². The second-order valence-corrected chi connectivity index (χ2v) is 5.66. The zero-order chi connectivity index (χ0) is 17.1. The van der Waals surface area contributed by atoms with Gasteiger partial charge in [0.2, 0.25) is 0 Å². The molecule has 3 rings (SSSR count). The van der Waals surface area contributed by atoms with Crippen molar-refractivity contribution < 1.29 is 4.79 Å². The van der Waals surface area contributed by atoms with Crippen molar-refractivity contribution >= 4 is 5.91 Å². The molecule has 0 saturated carbocycles. The van der Waals surface area contributed by atoms with Crippen LogP contribution >= 0.6 is 0 Å². The van der Waals surface area contributed by atoms with Crippen molar-refractivity contribution in [3.8, 4) is 5.69 Å². The number of amides is 1. The number of para-hydroxylation sites is 1. The van der Waals surface area contributed by atoms with Gasteiger partial charge in [-0.25, -0.2) is 4.68 Å². The van der Waals surface area contributed by atoms with Gasteiger partial charge in [-0.05, 0) is 32.9 Å². The molecule has 0 aliphatic heterocycles. The van der Waals surface area contributed by atoms with Crippen molar-refractivity contribution in [1.29, 1.82) is 0 Å². The summed E-state index contributed by atoms with van der Waals surface area (Å²) in [6.07, 6.45) is 3.34. The van der Waals surface area contributed by atoms with Crippen LogP contribution in [0.2, 0.25) is 0 Å². The Kier molecular flexibility index (Phi) is 4.46. The van der Waals surface area contributed by atoms with Gasteiger partial charge in [0.05, 0.1) is 23.1 Å². The maximum atomic E-state index is 12.3. The summed E-state index contributed by atoms with van der Waals surface area (Å²) >= 11 is 0. The topological polar surface area (TPSA) is 64.7 Å². The molecule has 124 valence electrons. The van der Waals surface area contributed by atoms with Crippen molar-refractivity contribution in [2.45, 2.75) is 33.9 Å². The lowest BCUT2D eigenvalue weighted by molar-refractivity contribution is 0.0950. The predicted molar refractivity (Wildman–Crippen MR) is 92.1 cm³/mol. The first kappa shape index (κ1) is 16.0. The van der Waals surface area contributed by atoms with Crippen molar-refractivity contribution in [3.05, 3.63) is 65.2 Å². The molecule has 0 fully saturated rings. The quantitative estimate of drug-likeness (QED) is 0.785. The molecule has 0 unspecified atom stereocenters. The SMILES string of the molecule is CCn1cc(C(=O)NCc2c(C)nn(-c3ccccc3)c2C)cn1. The van der Waals surface area contributed by atoms with Crippen molar-refractivity contribution in [2.24, 2.45) is 0 Å². The summed E-state index contributed by atoms with van der Waals surface area (Å²) in [5, 5.41) is 11.7. The minimum atomic E-state index is -0.124. The highest BCUT2D eigenvalue weighted by molar-refractivity contribution is 5.93. The van der Waals surface area contributed by atoms with Crippen molar-refractivity contribution in [1.82, 2.24) is 24.9 Å². The number of benzene rings is 1. The van der Waals surface area contributed by atoms with Crippen LogP contribution < -0.4 is 5.32 Å². The summed E-state index contributed by atoms with van der Waals surface area (Å²) in [5.74, 6) is -0.124. The van der Waals surface area contributed by atoms with Crippen LogP contribution in [-0.2, 0) is 13.1 Å². The molecule has 0 radical (unpaired) electrons. The summed E-state index contributed by atoms with van der Waals surface area (Å²) in [7, 11) is 0. The molecule has 24 heavy (non-hydrogen) atoms. The molecule has 0 aliphatic rings. The Labute approximate surface area is 141 Å². The van der Waals surface area contributed by atoms with E-state index in [1.165, 1.54) is 0 Å². The molecule has 1 aromatic carbocycles. The fourth-order valence-electron chi connectivity index (χ4n) is 2.68. The maximum Gasteiger partial charge on any atom is 0.254 e. The number of aryl methyl sites for hydroxylation is 2. The summed E-state index contributed by atoms with van der Waals surface area (Å²) < 4.78 is 3.64. The lowest BCUT2D eigenvalue weighted by Gasteiger charge is -2.06. The zero-order valence-electron chi connectivity index (χ0n) is 14.2. The first-order valence-corrected chi connectivity index (χ1v) is 8.01. The number of hydrogen-bond acceptors (Lipinski definition) is 3. The number of carbonyl (C=O) groups excluding carboxylic acids is 1. The Morgan fingerprint density at radius 1 is 1.21 bits per heavy atom. The Morgan fingerprint density at radius 3 is 2.62 bits per heavy atom. The van der Waals surface area contributed by atoms with Gasteiger partial charge in [0.1, 0.15) is 0 Å². The van der Waals surface area contributed by atoms with Gasteiger partial charge < -0.3 is 5.32 Å². The number of carbonyl (C=O) groups is 1. The summed E-state index contributed by atoms with van der Waals surface area (Å²) in [6.45, 7) is 7.15. The van der Waals surface area contributed by atoms with Gasteiger partial charge in [-0.15, -0.1) is 0 Å². The van der Waals surface area contributed by atoms with Crippen LogP contribution in [-0.4, -0.2) is 25.5 Å². The minimum absolute atomic E-state index is 0.124. The molecule has 3 aromatic rings. The summed E-state index contributed by atoms with van der Waals surface area (Å²) in [4.78, 5) is 12.3. The third-order valence-corrected chi connectivity index (χ3v) is 4.09. The normalized spacial score (nSPS) is 10.8. The molecule has 1 N–H and O–H groups in total. The van der Waals surface area contributed by atoms with Gasteiger partial charge >= 0.3 is 0 Å². The van der Waals surface area contributed by atoms with E-state index in [2.05, 4.69) is 15.5 Å². The molecule has 2 heterocycles. The van der Waals surface area contributed by atoms with Crippen LogP contribution in [0.4, 0.5) is 0 Å². The van der Waals surface area contributed by atoms with Crippen LogP contribution in [0.5, 0.6) is 0 Å². The average molecular weight is 323 g/mol. The number of rotatable bonds is 5. The van der Waals surface area contributed by atoms with E-state index >= 15 is 0 Å². The lowest BCUT2D eigenvalue weighted by atomic mass is 10.2. The van der Waals surface area contributed by atoms with E-state index in [9.17, 15) is 4.79 Å². The fraction of sp³-hybridized carbons (Fsp3) is 0.278. The van der Waals surface area contributed by atoms with Gasteiger partial charge in [0.15, 0.2) is 0 Å². The van der Waals surface area contributed by atoms with Gasteiger partial charge in [-0.2, -0.15) is 10.2 Å². The Hall–Kier alpha value is -2.89. The molecule has 6 nitrogen and oxygen atoms in total. The van der Waals surface area contributed by atoms with E-state index in [1.54, 1.807) is 17.1 Å². The largest absolute Gasteiger partial charge is 0.348 e. The molecule has 0 aliphatic carbocycles. The number of nitrogens with zero attached hydrogens (tertiary/aromatic N) is 4. The second kappa shape index (κ2) is 6.70. The van der Waals surface area contributed by atoms with Crippen LogP contribution in [0.15, 0.2) is 42.7 Å². The van der Waals surface area contributed by atoms with Gasteiger partial charge in [-0.1, -0.05) is 18.2 Å². The molecular weight excluding hydrogens is 302 g/mol. The van der Waals surface area contributed by atoms with Crippen LogP contribution in [0, 0.1) is 13.8 Å². The molecule has 0 saturated heterocycles. The maximum absolute atomic E-state index is 12.3. The highest BCUT2D eigenvalue weighted by Crippen LogP contribution is 2.17. The third kappa shape index (κ3) is 3.08. The van der Waals surface area contributed by atoms with Gasteiger partial charge in [0.25, 0.3) is 5.91 Å². The van der Waals surface area contributed by atoms with Gasteiger partial charge in [-0.3, -0.25) is 9.48 Å².